The molecule has 0 saturated heterocycles. The normalized spacial score (nSPS) is 14.5. The highest BCUT2D eigenvalue weighted by molar-refractivity contribution is 5.75. The Morgan fingerprint density at radius 3 is 2.15 bits per heavy atom. The van der Waals surface area contributed by atoms with Gasteiger partial charge in [0.1, 0.15) is 12.2 Å². The maximum atomic E-state index is 12.0. The topological polar surface area (TPSA) is 85.5 Å². The van der Waals surface area contributed by atoms with E-state index >= 15 is 0 Å². The smallest absolute Gasteiger partial charge is 0.309 e. The SMILES string of the molecule is Cc1noc(-c2ccc(-c3ccc(C(C)OC(=O)C4CC4)cc3)cc2)c1C(O)c1cncc(-c2ccccc2)c1. The average Bonchev–Trinajstić information content (AvgIpc) is 3.79. The second kappa shape index (κ2) is 10.9. The van der Waals surface area contributed by atoms with Crippen LogP contribution in [0.5, 0.6) is 0 Å². The lowest BCUT2D eigenvalue weighted by molar-refractivity contribution is -0.150. The van der Waals surface area contributed by atoms with E-state index in [4.69, 9.17) is 9.26 Å². The molecule has 1 aliphatic rings. The summed E-state index contributed by atoms with van der Waals surface area (Å²) in [5.74, 6) is 0.522. The number of aryl methyl sites for hydroxylation is 1. The van der Waals surface area contributed by atoms with Crippen LogP contribution in [0.4, 0.5) is 0 Å². The van der Waals surface area contributed by atoms with Crippen molar-refractivity contribution >= 4 is 5.97 Å². The van der Waals surface area contributed by atoms with Gasteiger partial charge in [-0.15, -0.1) is 0 Å². The van der Waals surface area contributed by atoms with E-state index in [0.29, 0.717) is 22.6 Å². The molecule has 2 heterocycles. The Bertz CT molecular complexity index is 1620. The van der Waals surface area contributed by atoms with E-state index < -0.39 is 6.10 Å². The number of aliphatic hydroxyl groups excluding tert-OH is 1. The van der Waals surface area contributed by atoms with E-state index in [2.05, 4.69) is 10.1 Å². The van der Waals surface area contributed by atoms with Crippen molar-refractivity contribution in [2.45, 2.75) is 38.9 Å². The van der Waals surface area contributed by atoms with Gasteiger partial charge in [-0.25, -0.2) is 0 Å². The molecule has 0 amide bonds. The van der Waals surface area contributed by atoms with Crippen molar-refractivity contribution in [3.63, 3.8) is 0 Å². The van der Waals surface area contributed by atoms with Crippen LogP contribution in [0.15, 0.2) is 102 Å². The molecule has 2 aromatic heterocycles. The van der Waals surface area contributed by atoms with Gasteiger partial charge in [-0.05, 0) is 55.0 Å². The molecule has 6 rings (SSSR count). The molecule has 1 fully saturated rings. The second-order valence-electron chi connectivity index (χ2n) is 10.3. The van der Waals surface area contributed by atoms with Crippen molar-refractivity contribution in [1.29, 1.82) is 0 Å². The third kappa shape index (κ3) is 5.31. The molecular formula is C34H30N2O4. The quantitative estimate of drug-likeness (QED) is 0.209. The first kappa shape index (κ1) is 25.7. The van der Waals surface area contributed by atoms with Crippen LogP contribution in [0, 0.1) is 12.8 Å². The van der Waals surface area contributed by atoms with E-state index in [1.54, 1.807) is 12.4 Å². The number of nitrogens with zero attached hydrogens (tertiary/aromatic N) is 2. The number of rotatable bonds is 8. The Morgan fingerprint density at radius 2 is 1.48 bits per heavy atom. The number of hydrogen-bond acceptors (Lipinski definition) is 6. The fraction of sp³-hybridized carbons (Fsp3) is 0.206. The minimum absolute atomic E-state index is 0.0890. The molecule has 3 aromatic carbocycles. The Morgan fingerprint density at radius 1 is 0.850 bits per heavy atom. The van der Waals surface area contributed by atoms with Crippen LogP contribution in [-0.4, -0.2) is 21.2 Å². The second-order valence-corrected chi connectivity index (χ2v) is 10.3. The molecule has 2 atom stereocenters. The highest BCUT2D eigenvalue weighted by Crippen LogP contribution is 2.36. The van der Waals surface area contributed by atoms with Crippen LogP contribution in [0.25, 0.3) is 33.6 Å². The summed E-state index contributed by atoms with van der Waals surface area (Å²) in [5, 5.41) is 15.6. The monoisotopic (exact) mass is 530 g/mol. The average molecular weight is 531 g/mol. The Labute approximate surface area is 233 Å². The van der Waals surface area contributed by atoms with Gasteiger partial charge in [-0.1, -0.05) is 84.0 Å². The first-order chi connectivity index (χ1) is 19.5. The molecule has 40 heavy (non-hydrogen) atoms. The van der Waals surface area contributed by atoms with Crippen LogP contribution in [0.2, 0.25) is 0 Å². The molecule has 6 nitrogen and oxygen atoms in total. The number of carbonyl (C=O) groups is 1. The number of pyridine rings is 1. The fourth-order valence-corrected chi connectivity index (χ4v) is 4.89. The molecule has 0 spiro atoms. The molecule has 1 saturated carbocycles. The van der Waals surface area contributed by atoms with Crippen molar-refractivity contribution in [2.75, 3.05) is 0 Å². The van der Waals surface area contributed by atoms with Crippen molar-refractivity contribution in [2.24, 2.45) is 5.92 Å². The van der Waals surface area contributed by atoms with Gasteiger partial charge in [-0.2, -0.15) is 0 Å². The molecule has 2 unspecified atom stereocenters. The van der Waals surface area contributed by atoms with Crippen LogP contribution in [0.1, 0.15) is 54.4 Å². The maximum Gasteiger partial charge on any atom is 0.309 e. The summed E-state index contributed by atoms with van der Waals surface area (Å²) in [5.41, 5.74) is 7.76. The summed E-state index contributed by atoms with van der Waals surface area (Å²) in [7, 11) is 0. The first-order valence-corrected chi connectivity index (χ1v) is 13.5. The van der Waals surface area contributed by atoms with Gasteiger partial charge in [0.15, 0.2) is 5.76 Å². The largest absolute Gasteiger partial charge is 0.458 e. The minimum Gasteiger partial charge on any atom is -0.458 e. The van der Waals surface area contributed by atoms with Gasteiger partial charge in [0, 0.05) is 29.1 Å². The fourth-order valence-electron chi connectivity index (χ4n) is 4.89. The van der Waals surface area contributed by atoms with Crippen LogP contribution >= 0.6 is 0 Å². The summed E-state index contributed by atoms with van der Waals surface area (Å²) in [6.07, 6.45) is 4.13. The summed E-state index contributed by atoms with van der Waals surface area (Å²) >= 11 is 0. The number of esters is 1. The Hall–Kier alpha value is -4.55. The standard InChI is InChI=1S/C34H30N2O4/c1-21-31(32(37)30-18-29(19-35-20-30)24-6-4-3-5-7-24)33(40-36-21)27-14-12-26(13-15-27)25-10-8-23(9-11-25)22(2)39-34(38)28-16-17-28/h3-15,18-20,22,28,32,37H,16-17H2,1-2H3. The van der Waals surface area contributed by atoms with Gasteiger partial charge < -0.3 is 14.4 Å². The van der Waals surface area contributed by atoms with E-state index in [9.17, 15) is 9.90 Å². The molecule has 0 aliphatic heterocycles. The van der Waals surface area contributed by atoms with Crippen LogP contribution in [0.3, 0.4) is 0 Å². The van der Waals surface area contributed by atoms with Crippen LogP contribution < -0.4 is 0 Å². The Kier molecular flexibility index (Phi) is 7.01. The highest BCUT2D eigenvalue weighted by atomic mass is 16.5. The number of benzene rings is 3. The van der Waals surface area contributed by atoms with Gasteiger partial charge in [0.2, 0.25) is 0 Å². The molecule has 200 valence electrons. The minimum atomic E-state index is -0.944. The predicted octanol–water partition coefficient (Wildman–Crippen LogP) is 7.47. The lowest BCUT2D eigenvalue weighted by Gasteiger charge is -2.14. The molecule has 1 N–H and O–H groups in total. The van der Waals surface area contributed by atoms with E-state index in [1.165, 1.54) is 0 Å². The molecule has 0 radical (unpaired) electrons. The zero-order chi connectivity index (χ0) is 27.6. The highest BCUT2D eigenvalue weighted by Gasteiger charge is 2.32. The molecule has 5 aromatic rings. The zero-order valence-electron chi connectivity index (χ0n) is 22.5. The van der Waals surface area contributed by atoms with Crippen molar-refractivity contribution < 1.29 is 19.2 Å². The van der Waals surface area contributed by atoms with Gasteiger partial charge >= 0.3 is 5.97 Å². The molecule has 0 bridgehead atoms. The number of ether oxygens (including phenoxy) is 1. The number of hydrogen-bond donors (Lipinski definition) is 1. The Balaban J connectivity index is 1.21. The number of carbonyl (C=O) groups excluding carboxylic acids is 1. The van der Waals surface area contributed by atoms with Gasteiger partial charge in [0.25, 0.3) is 0 Å². The van der Waals surface area contributed by atoms with Crippen molar-refractivity contribution in [1.82, 2.24) is 10.1 Å². The lowest BCUT2D eigenvalue weighted by Crippen LogP contribution is -2.10. The number of aromatic nitrogens is 2. The zero-order valence-corrected chi connectivity index (χ0v) is 22.5. The summed E-state index contributed by atoms with van der Waals surface area (Å²) in [6.45, 7) is 3.74. The van der Waals surface area contributed by atoms with Gasteiger partial charge in [-0.3, -0.25) is 9.78 Å². The van der Waals surface area contributed by atoms with Crippen LogP contribution in [-0.2, 0) is 9.53 Å². The van der Waals surface area contributed by atoms with E-state index in [1.807, 2.05) is 98.8 Å². The lowest BCUT2D eigenvalue weighted by atomic mass is 9.95. The first-order valence-electron chi connectivity index (χ1n) is 13.5. The van der Waals surface area contributed by atoms with Crippen molar-refractivity contribution in [3.8, 4) is 33.6 Å². The van der Waals surface area contributed by atoms with Crippen molar-refractivity contribution in [3.05, 3.63) is 120 Å². The van der Waals surface area contributed by atoms with Gasteiger partial charge in [0.05, 0.1) is 17.2 Å². The third-order valence-corrected chi connectivity index (χ3v) is 7.43. The third-order valence-electron chi connectivity index (χ3n) is 7.43. The summed E-state index contributed by atoms with van der Waals surface area (Å²) < 4.78 is 11.3. The molecule has 6 heteroatoms. The molecule has 1 aliphatic carbocycles. The summed E-state index contributed by atoms with van der Waals surface area (Å²) in [6, 6.07) is 28.0. The number of aliphatic hydroxyl groups is 1. The van der Waals surface area contributed by atoms with E-state index in [0.717, 1.165) is 46.2 Å². The molecular weight excluding hydrogens is 500 g/mol. The predicted molar refractivity (Wildman–Crippen MR) is 153 cm³/mol. The maximum absolute atomic E-state index is 12.0. The summed E-state index contributed by atoms with van der Waals surface area (Å²) in [4.78, 5) is 16.4. The van der Waals surface area contributed by atoms with E-state index in [-0.39, 0.29) is 18.0 Å².